The SMILES string of the molecule is CCOC(=O)C1=CN(C(=O)c2ccc(F)cc2)CC(C)(C)c2c1[nH]c1ccc(OC(=O)NCc3cccs3)cc21. The van der Waals surface area contributed by atoms with Gasteiger partial charge < -0.3 is 24.7 Å². The van der Waals surface area contributed by atoms with Crippen LogP contribution in [0.1, 0.15) is 47.3 Å². The Morgan fingerprint density at radius 3 is 2.60 bits per heavy atom. The Hall–Kier alpha value is -4.44. The Kier molecular flexibility index (Phi) is 7.44. The van der Waals surface area contributed by atoms with E-state index in [1.54, 1.807) is 25.1 Å². The van der Waals surface area contributed by atoms with Crippen LogP contribution in [-0.4, -0.2) is 41.0 Å². The van der Waals surface area contributed by atoms with Crippen molar-refractivity contribution in [2.75, 3.05) is 13.2 Å². The largest absolute Gasteiger partial charge is 0.462 e. The molecule has 0 bridgehead atoms. The van der Waals surface area contributed by atoms with Gasteiger partial charge in [0.05, 0.1) is 24.4 Å². The van der Waals surface area contributed by atoms with Gasteiger partial charge in [0.15, 0.2) is 0 Å². The number of amides is 2. The standard InChI is InChI=1S/C30H28FN3O5S/c1-4-38-28(36)23-16-34(27(35)18-7-9-19(31)10-8-18)17-30(2,3)25-22-14-20(11-12-24(22)33-26(23)25)39-29(37)32-15-21-6-5-13-40-21/h5-14,16,33H,4,15,17H2,1-3H3,(H,32,37). The molecule has 0 aliphatic carbocycles. The number of hydrogen-bond acceptors (Lipinski definition) is 6. The maximum atomic E-state index is 13.5. The van der Waals surface area contributed by atoms with Gasteiger partial charge in [0.2, 0.25) is 0 Å². The van der Waals surface area contributed by atoms with E-state index >= 15 is 0 Å². The number of benzene rings is 2. The number of aromatic amines is 1. The lowest BCUT2D eigenvalue weighted by Gasteiger charge is -2.29. The molecule has 0 atom stereocenters. The monoisotopic (exact) mass is 561 g/mol. The van der Waals surface area contributed by atoms with E-state index in [0.29, 0.717) is 18.0 Å². The van der Waals surface area contributed by atoms with Gasteiger partial charge in [-0.25, -0.2) is 14.0 Å². The maximum Gasteiger partial charge on any atom is 0.412 e. The lowest BCUT2D eigenvalue weighted by molar-refractivity contribution is -0.136. The highest BCUT2D eigenvalue weighted by Gasteiger charge is 2.37. The highest BCUT2D eigenvalue weighted by atomic mass is 32.1. The van der Waals surface area contributed by atoms with Gasteiger partial charge in [0, 0.05) is 39.5 Å². The first-order valence-electron chi connectivity index (χ1n) is 12.8. The van der Waals surface area contributed by atoms with Gasteiger partial charge in [-0.1, -0.05) is 19.9 Å². The molecule has 2 amide bonds. The third-order valence-corrected chi connectivity index (χ3v) is 7.49. The Balaban J connectivity index is 1.52. The fourth-order valence-corrected chi connectivity index (χ4v) is 5.52. The van der Waals surface area contributed by atoms with Crippen molar-refractivity contribution in [1.82, 2.24) is 15.2 Å². The molecule has 206 valence electrons. The number of esters is 1. The summed E-state index contributed by atoms with van der Waals surface area (Å²) in [6, 6.07) is 14.3. The number of carbonyl (C=O) groups is 3. The molecule has 2 N–H and O–H groups in total. The average Bonchev–Trinajstić information content (AvgIpc) is 3.55. The zero-order chi connectivity index (χ0) is 28.4. The molecule has 1 aliphatic heterocycles. The van der Waals surface area contributed by atoms with E-state index in [0.717, 1.165) is 21.3 Å². The molecule has 0 radical (unpaired) electrons. The number of nitrogens with one attached hydrogen (secondary N) is 2. The molecule has 0 saturated carbocycles. The van der Waals surface area contributed by atoms with Gasteiger partial charge in [-0.05, 0) is 66.4 Å². The number of aromatic nitrogens is 1. The van der Waals surface area contributed by atoms with Crippen LogP contribution in [0.4, 0.5) is 9.18 Å². The van der Waals surface area contributed by atoms with Crippen molar-refractivity contribution >= 4 is 45.8 Å². The number of thiophene rings is 1. The number of fused-ring (bicyclic) bond motifs is 3. The fraction of sp³-hybridized carbons (Fsp3) is 0.233. The van der Waals surface area contributed by atoms with Gasteiger partial charge in [-0.2, -0.15) is 0 Å². The van der Waals surface area contributed by atoms with Crippen LogP contribution >= 0.6 is 11.3 Å². The summed E-state index contributed by atoms with van der Waals surface area (Å²) in [5.74, 6) is -1.08. The number of ether oxygens (including phenoxy) is 2. The molecular weight excluding hydrogens is 533 g/mol. The zero-order valence-corrected chi connectivity index (χ0v) is 23.1. The zero-order valence-electron chi connectivity index (χ0n) is 22.2. The second-order valence-electron chi connectivity index (χ2n) is 9.99. The summed E-state index contributed by atoms with van der Waals surface area (Å²) in [5.41, 5.74) is 1.85. The van der Waals surface area contributed by atoms with Gasteiger partial charge in [0.1, 0.15) is 11.6 Å². The molecule has 10 heteroatoms. The highest BCUT2D eigenvalue weighted by Crippen LogP contribution is 2.41. The van der Waals surface area contributed by atoms with Crippen molar-refractivity contribution < 1.29 is 28.2 Å². The molecular formula is C30H28FN3O5S. The normalized spacial score (nSPS) is 14.2. The van der Waals surface area contributed by atoms with E-state index < -0.39 is 23.3 Å². The van der Waals surface area contributed by atoms with Crippen LogP contribution in [-0.2, 0) is 21.5 Å². The average molecular weight is 562 g/mol. The van der Waals surface area contributed by atoms with E-state index in [2.05, 4.69) is 10.3 Å². The number of H-pyrrole nitrogens is 1. The molecule has 2 aromatic carbocycles. The van der Waals surface area contributed by atoms with Crippen LogP contribution in [0.3, 0.4) is 0 Å². The Morgan fingerprint density at radius 2 is 1.90 bits per heavy atom. The van der Waals surface area contributed by atoms with Crippen LogP contribution in [0.25, 0.3) is 16.5 Å². The third kappa shape index (κ3) is 5.48. The smallest absolute Gasteiger partial charge is 0.412 e. The van der Waals surface area contributed by atoms with E-state index in [4.69, 9.17) is 9.47 Å². The third-order valence-electron chi connectivity index (χ3n) is 6.61. The fourth-order valence-electron chi connectivity index (χ4n) is 4.88. The molecule has 3 heterocycles. The van der Waals surface area contributed by atoms with E-state index in [9.17, 15) is 18.8 Å². The lowest BCUT2D eigenvalue weighted by Crippen LogP contribution is -2.37. The molecule has 2 aromatic heterocycles. The van der Waals surface area contributed by atoms with Crippen LogP contribution in [0.5, 0.6) is 5.75 Å². The first kappa shape index (κ1) is 27.1. The van der Waals surface area contributed by atoms with Crippen molar-refractivity contribution in [1.29, 1.82) is 0 Å². The van der Waals surface area contributed by atoms with E-state index in [1.807, 2.05) is 31.4 Å². The number of rotatable bonds is 6. The van der Waals surface area contributed by atoms with Crippen molar-refractivity contribution in [3.8, 4) is 5.75 Å². The molecule has 8 nitrogen and oxygen atoms in total. The van der Waals surface area contributed by atoms with Crippen LogP contribution in [0, 0.1) is 5.82 Å². The van der Waals surface area contributed by atoms with Crippen LogP contribution in [0.15, 0.2) is 66.2 Å². The summed E-state index contributed by atoms with van der Waals surface area (Å²) in [6.07, 6.45) is 0.902. The molecule has 4 aromatic rings. The molecule has 0 unspecified atom stereocenters. The number of halogens is 1. The van der Waals surface area contributed by atoms with Gasteiger partial charge in [-0.3, -0.25) is 4.79 Å². The summed E-state index contributed by atoms with van der Waals surface area (Å²) in [4.78, 5) is 44.9. The van der Waals surface area contributed by atoms with Gasteiger partial charge in [-0.15, -0.1) is 11.3 Å². The molecule has 0 spiro atoms. The molecule has 40 heavy (non-hydrogen) atoms. The van der Waals surface area contributed by atoms with Gasteiger partial charge >= 0.3 is 12.1 Å². The number of hydrogen-bond donors (Lipinski definition) is 2. The number of carbonyl (C=O) groups excluding carboxylic acids is 3. The summed E-state index contributed by atoms with van der Waals surface area (Å²) in [7, 11) is 0. The first-order valence-corrected chi connectivity index (χ1v) is 13.6. The molecule has 5 rings (SSSR count). The molecule has 1 aliphatic rings. The minimum absolute atomic E-state index is 0.152. The summed E-state index contributed by atoms with van der Waals surface area (Å²) >= 11 is 1.54. The minimum atomic E-state index is -0.659. The maximum absolute atomic E-state index is 13.5. The summed E-state index contributed by atoms with van der Waals surface area (Å²) < 4.78 is 24.4. The van der Waals surface area contributed by atoms with Gasteiger partial charge in [0.25, 0.3) is 5.91 Å². The van der Waals surface area contributed by atoms with Crippen molar-refractivity contribution in [2.45, 2.75) is 32.7 Å². The van der Waals surface area contributed by atoms with Crippen molar-refractivity contribution in [3.05, 3.63) is 93.7 Å². The summed E-state index contributed by atoms with van der Waals surface area (Å²) in [6.45, 7) is 6.37. The first-order chi connectivity index (χ1) is 19.2. The molecule has 0 fully saturated rings. The Labute approximate surface area is 234 Å². The lowest BCUT2D eigenvalue weighted by atomic mass is 9.81. The van der Waals surface area contributed by atoms with Crippen molar-refractivity contribution in [2.24, 2.45) is 0 Å². The van der Waals surface area contributed by atoms with Crippen molar-refractivity contribution in [3.63, 3.8) is 0 Å². The second kappa shape index (κ2) is 11.0. The predicted octanol–water partition coefficient (Wildman–Crippen LogP) is 5.99. The van der Waals surface area contributed by atoms with Crippen LogP contribution < -0.4 is 10.1 Å². The second-order valence-corrected chi connectivity index (χ2v) is 11.0. The quantitative estimate of drug-likeness (QED) is 0.282. The Bertz CT molecular complexity index is 1610. The predicted molar refractivity (Wildman–Crippen MR) is 151 cm³/mol. The minimum Gasteiger partial charge on any atom is -0.462 e. The Morgan fingerprint density at radius 1 is 1.12 bits per heavy atom. The molecule has 0 saturated heterocycles. The topological polar surface area (TPSA) is 101 Å². The van der Waals surface area contributed by atoms with E-state index in [-0.39, 0.29) is 30.2 Å². The number of nitrogens with zero attached hydrogens (tertiary/aromatic N) is 1. The highest BCUT2D eigenvalue weighted by molar-refractivity contribution is 7.09. The van der Waals surface area contributed by atoms with Crippen LogP contribution in [0.2, 0.25) is 0 Å². The van der Waals surface area contributed by atoms with E-state index in [1.165, 1.54) is 46.7 Å². The summed E-state index contributed by atoms with van der Waals surface area (Å²) in [5, 5.41) is 5.42.